The monoisotopic (exact) mass is 467 g/mol. The van der Waals surface area contributed by atoms with Crippen molar-refractivity contribution in [2.45, 2.75) is 12.3 Å². The van der Waals surface area contributed by atoms with Crippen LogP contribution in [0.5, 0.6) is 0 Å². The molecule has 32 heavy (non-hydrogen) atoms. The highest BCUT2D eigenvalue weighted by molar-refractivity contribution is 8.00. The van der Waals surface area contributed by atoms with Crippen LogP contribution in [-0.4, -0.2) is 22.5 Å². The molecule has 1 fully saturated rings. The molecule has 0 unspecified atom stereocenters. The van der Waals surface area contributed by atoms with E-state index < -0.39 is 10.8 Å². The molecule has 7 nitrogen and oxygen atoms in total. The smallest absolute Gasteiger partial charge is 0.288 e. The van der Waals surface area contributed by atoms with Crippen LogP contribution in [0.4, 0.5) is 17.1 Å². The van der Waals surface area contributed by atoms with Gasteiger partial charge in [-0.3, -0.25) is 24.6 Å². The predicted molar refractivity (Wildman–Crippen MR) is 126 cm³/mol. The van der Waals surface area contributed by atoms with Crippen molar-refractivity contribution in [2.75, 3.05) is 16.0 Å². The molecule has 3 aromatic rings. The van der Waals surface area contributed by atoms with E-state index >= 15 is 0 Å². The van der Waals surface area contributed by atoms with E-state index in [4.69, 9.17) is 11.6 Å². The molecule has 0 aliphatic carbocycles. The number of halogens is 1. The van der Waals surface area contributed by atoms with Crippen molar-refractivity contribution >= 4 is 52.2 Å². The summed E-state index contributed by atoms with van der Waals surface area (Å²) in [6, 6.07) is 18.9. The van der Waals surface area contributed by atoms with Gasteiger partial charge in [-0.05, 0) is 48.9 Å². The van der Waals surface area contributed by atoms with Gasteiger partial charge in [0.05, 0.1) is 10.7 Å². The summed E-state index contributed by atoms with van der Waals surface area (Å²) in [5.41, 5.74) is 3.24. The summed E-state index contributed by atoms with van der Waals surface area (Å²) in [6.07, 6.45) is 0. The number of thioether (sulfide) groups is 1. The maximum Gasteiger partial charge on any atom is 0.288 e. The minimum Gasteiger partial charge on any atom is -0.322 e. The number of nitro groups is 1. The van der Waals surface area contributed by atoms with E-state index in [0.717, 1.165) is 22.9 Å². The normalized spacial score (nSPS) is 15.6. The van der Waals surface area contributed by atoms with E-state index in [9.17, 15) is 19.7 Å². The molecule has 0 bridgehead atoms. The maximum absolute atomic E-state index is 12.5. The SMILES string of the molecule is Cc1ccc(N2C(=O)CS[C@H]2c2ccc(NC(=O)c3ccc(Cl)c([N+](=O)[O-])c3)cc2)cc1. The van der Waals surface area contributed by atoms with E-state index in [1.54, 1.807) is 28.8 Å². The zero-order valence-electron chi connectivity index (χ0n) is 16.9. The van der Waals surface area contributed by atoms with Crippen molar-refractivity contribution in [3.05, 3.63) is 98.6 Å². The molecule has 1 aliphatic heterocycles. The van der Waals surface area contributed by atoms with Crippen LogP contribution in [0, 0.1) is 17.0 Å². The molecule has 1 saturated heterocycles. The van der Waals surface area contributed by atoms with Crippen molar-refractivity contribution in [3.8, 4) is 0 Å². The fourth-order valence-corrected chi connectivity index (χ4v) is 4.75. The Kier molecular flexibility index (Phi) is 6.16. The molecule has 9 heteroatoms. The highest BCUT2D eigenvalue weighted by Gasteiger charge is 2.34. The largest absolute Gasteiger partial charge is 0.322 e. The highest BCUT2D eigenvalue weighted by Crippen LogP contribution is 2.42. The standard InChI is InChI=1S/C23H18ClN3O4S/c1-14-2-9-18(10-3-14)26-21(28)13-32-23(26)15-4-7-17(8-5-15)25-22(29)16-6-11-19(24)20(12-16)27(30)31/h2-12,23H,13H2,1H3,(H,25,29)/t23-/m0/s1. The number of nitro benzene ring substituents is 1. The number of hydrogen-bond donors (Lipinski definition) is 1. The first kappa shape index (κ1) is 21.9. The first-order valence-electron chi connectivity index (χ1n) is 9.69. The van der Waals surface area contributed by atoms with E-state index in [1.807, 2.05) is 43.3 Å². The molecule has 0 radical (unpaired) electrons. The van der Waals surface area contributed by atoms with Crippen LogP contribution in [0.15, 0.2) is 66.7 Å². The van der Waals surface area contributed by atoms with Gasteiger partial charge in [0, 0.05) is 23.0 Å². The third-order valence-corrected chi connectivity index (χ3v) is 6.57. The number of nitrogens with one attached hydrogen (secondary N) is 1. The third kappa shape index (κ3) is 4.46. The average Bonchev–Trinajstić information content (AvgIpc) is 3.16. The summed E-state index contributed by atoms with van der Waals surface area (Å²) in [5.74, 6) is -0.0402. The number of amides is 2. The molecule has 3 aromatic carbocycles. The van der Waals surface area contributed by atoms with Crippen LogP contribution in [0.25, 0.3) is 0 Å². The van der Waals surface area contributed by atoms with Crippen molar-refractivity contribution in [1.29, 1.82) is 0 Å². The van der Waals surface area contributed by atoms with Gasteiger partial charge in [-0.2, -0.15) is 0 Å². The molecule has 1 N–H and O–H groups in total. The Bertz CT molecular complexity index is 1200. The van der Waals surface area contributed by atoms with Gasteiger partial charge in [-0.25, -0.2) is 0 Å². The lowest BCUT2D eigenvalue weighted by molar-refractivity contribution is -0.384. The van der Waals surface area contributed by atoms with Gasteiger partial charge < -0.3 is 5.32 Å². The van der Waals surface area contributed by atoms with Gasteiger partial charge in [-0.15, -0.1) is 11.8 Å². The second-order valence-corrected chi connectivity index (χ2v) is 8.74. The summed E-state index contributed by atoms with van der Waals surface area (Å²) in [4.78, 5) is 37.2. The predicted octanol–water partition coefficient (Wildman–Crippen LogP) is 5.59. The molecule has 1 heterocycles. The average molecular weight is 468 g/mol. The number of rotatable bonds is 5. The van der Waals surface area contributed by atoms with E-state index in [-0.39, 0.29) is 27.6 Å². The van der Waals surface area contributed by atoms with Crippen LogP contribution in [-0.2, 0) is 4.79 Å². The van der Waals surface area contributed by atoms with Gasteiger partial charge in [0.2, 0.25) is 5.91 Å². The minimum atomic E-state index is -0.631. The fourth-order valence-electron chi connectivity index (χ4n) is 3.38. The van der Waals surface area contributed by atoms with E-state index in [2.05, 4.69) is 5.32 Å². The Balaban J connectivity index is 1.51. The van der Waals surface area contributed by atoms with Crippen LogP contribution in [0.3, 0.4) is 0 Å². The number of hydrogen-bond acceptors (Lipinski definition) is 5. The fraction of sp³-hybridized carbons (Fsp3) is 0.130. The number of carbonyl (C=O) groups is 2. The third-order valence-electron chi connectivity index (χ3n) is 5.04. The lowest BCUT2D eigenvalue weighted by Gasteiger charge is -2.24. The summed E-state index contributed by atoms with van der Waals surface area (Å²) in [6.45, 7) is 2.00. The van der Waals surface area contributed by atoms with Gasteiger partial charge in [0.1, 0.15) is 10.4 Å². The molecular formula is C23H18ClN3O4S. The summed E-state index contributed by atoms with van der Waals surface area (Å²) in [7, 11) is 0. The Morgan fingerprint density at radius 2 is 1.81 bits per heavy atom. The van der Waals surface area contributed by atoms with Gasteiger partial charge in [0.15, 0.2) is 0 Å². The molecule has 0 spiro atoms. The van der Waals surface area contributed by atoms with Gasteiger partial charge in [-0.1, -0.05) is 41.4 Å². The van der Waals surface area contributed by atoms with Crippen molar-refractivity contribution in [2.24, 2.45) is 0 Å². The Morgan fingerprint density at radius 1 is 1.12 bits per heavy atom. The second kappa shape index (κ2) is 9.02. The van der Waals surface area contributed by atoms with Crippen molar-refractivity contribution in [3.63, 3.8) is 0 Å². The molecule has 0 aromatic heterocycles. The number of benzene rings is 3. The lowest BCUT2D eigenvalue weighted by Crippen LogP contribution is -2.27. The molecular weight excluding hydrogens is 450 g/mol. The molecule has 1 aliphatic rings. The molecule has 1 atom stereocenters. The Hall–Kier alpha value is -3.36. The van der Waals surface area contributed by atoms with Gasteiger partial charge in [0.25, 0.3) is 11.6 Å². The van der Waals surface area contributed by atoms with Crippen LogP contribution >= 0.6 is 23.4 Å². The van der Waals surface area contributed by atoms with Gasteiger partial charge >= 0.3 is 0 Å². The molecule has 162 valence electrons. The first-order chi connectivity index (χ1) is 15.3. The number of carbonyl (C=O) groups excluding carboxylic acids is 2. The maximum atomic E-state index is 12.5. The summed E-state index contributed by atoms with van der Waals surface area (Å²) >= 11 is 7.35. The van der Waals surface area contributed by atoms with Crippen LogP contribution < -0.4 is 10.2 Å². The Labute approximate surface area is 193 Å². The van der Waals surface area contributed by atoms with Crippen LogP contribution in [0.1, 0.15) is 26.9 Å². The molecule has 4 rings (SSSR count). The second-order valence-electron chi connectivity index (χ2n) is 7.26. The molecule has 0 saturated carbocycles. The number of nitrogens with zero attached hydrogens (tertiary/aromatic N) is 2. The van der Waals surface area contributed by atoms with Crippen molar-refractivity contribution < 1.29 is 14.5 Å². The highest BCUT2D eigenvalue weighted by atomic mass is 35.5. The first-order valence-corrected chi connectivity index (χ1v) is 11.1. The lowest BCUT2D eigenvalue weighted by atomic mass is 10.1. The quantitative estimate of drug-likeness (QED) is 0.390. The van der Waals surface area contributed by atoms with Crippen molar-refractivity contribution in [1.82, 2.24) is 0 Å². The minimum absolute atomic E-state index is 0.0300. The topological polar surface area (TPSA) is 92.6 Å². The molecule has 2 amide bonds. The number of anilines is 2. The zero-order valence-corrected chi connectivity index (χ0v) is 18.5. The van der Waals surface area contributed by atoms with E-state index in [1.165, 1.54) is 12.1 Å². The zero-order chi connectivity index (χ0) is 22.8. The van der Waals surface area contributed by atoms with Crippen LogP contribution in [0.2, 0.25) is 5.02 Å². The Morgan fingerprint density at radius 3 is 2.47 bits per heavy atom. The summed E-state index contributed by atoms with van der Waals surface area (Å²) < 4.78 is 0. The van der Waals surface area contributed by atoms with E-state index in [0.29, 0.717) is 11.4 Å². The number of aryl methyl sites for hydroxylation is 1. The summed E-state index contributed by atoms with van der Waals surface area (Å²) in [5, 5.41) is 13.6.